The summed E-state index contributed by atoms with van der Waals surface area (Å²) < 4.78 is 6.04. The Bertz CT molecular complexity index is 1430. The third kappa shape index (κ3) is 5.24. The van der Waals surface area contributed by atoms with Crippen LogP contribution in [0, 0.1) is 18.3 Å². The minimum Gasteiger partial charge on any atom is -0.489 e. The van der Waals surface area contributed by atoms with Crippen molar-refractivity contribution in [2.75, 3.05) is 17.2 Å². The lowest BCUT2D eigenvalue weighted by atomic mass is 9.97. The fraction of sp³-hybridized carbons (Fsp3) is 0.393. The first-order valence-corrected chi connectivity index (χ1v) is 13.2. The van der Waals surface area contributed by atoms with Gasteiger partial charge in [0.2, 0.25) is 5.95 Å². The van der Waals surface area contributed by atoms with E-state index in [1.807, 2.05) is 43.3 Å². The maximum atomic E-state index is 9.04. The van der Waals surface area contributed by atoms with Crippen molar-refractivity contribution in [1.82, 2.24) is 30.0 Å². The average molecular weight is 510 g/mol. The number of aromatic amines is 1. The van der Waals surface area contributed by atoms with Gasteiger partial charge in [-0.05, 0) is 50.8 Å². The lowest BCUT2D eigenvalue weighted by Gasteiger charge is -2.38. The number of aryl methyl sites for hydroxylation is 1. The van der Waals surface area contributed by atoms with E-state index in [4.69, 9.17) is 20.0 Å². The molecule has 6 rings (SSSR count). The number of pyridine rings is 1. The highest BCUT2D eigenvalue weighted by Crippen LogP contribution is 2.37. The largest absolute Gasteiger partial charge is 0.489 e. The highest BCUT2D eigenvalue weighted by Gasteiger charge is 2.40. The number of hydrogen-bond donors (Lipinski definition) is 3. The molecule has 10 heteroatoms. The number of piperidine rings is 1. The van der Waals surface area contributed by atoms with Gasteiger partial charge in [0.05, 0.1) is 11.6 Å². The van der Waals surface area contributed by atoms with Gasteiger partial charge in [0.1, 0.15) is 18.2 Å². The predicted molar refractivity (Wildman–Crippen MR) is 145 cm³/mol. The number of fused-ring (bicyclic) bond motifs is 3. The van der Waals surface area contributed by atoms with Crippen LogP contribution in [-0.4, -0.2) is 54.7 Å². The van der Waals surface area contributed by atoms with Gasteiger partial charge in [-0.1, -0.05) is 6.07 Å². The molecule has 2 saturated heterocycles. The molecule has 3 atom stereocenters. The van der Waals surface area contributed by atoms with Gasteiger partial charge in [0, 0.05) is 72.3 Å². The molecule has 2 bridgehead atoms. The molecule has 0 amide bonds. The number of aromatic nitrogens is 5. The summed E-state index contributed by atoms with van der Waals surface area (Å²) in [5.41, 5.74) is 2.76. The van der Waals surface area contributed by atoms with E-state index >= 15 is 0 Å². The molecule has 1 unspecified atom stereocenters. The maximum absolute atomic E-state index is 9.04. The van der Waals surface area contributed by atoms with Crippen LogP contribution >= 0.6 is 0 Å². The second kappa shape index (κ2) is 10.6. The zero-order valence-corrected chi connectivity index (χ0v) is 21.4. The molecule has 2 fully saturated rings. The number of ether oxygens (including phenoxy) is 1. The van der Waals surface area contributed by atoms with Crippen molar-refractivity contribution < 1.29 is 4.74 Å². The summed E-state index contributed by atoms with van der Waals surface area (Å²) in [6.07, 6.45) is 8.58. The fourth-order valence-corrected chi connectivity index (χ4v) is 5.73. The van der Waals surface area contributed by atoms with Crippen LogP contribution in [0.3, 0.4) is 0 Å². The van der Waals surface area contributed by atoms with Gasteiger partial charge in [-0.25, -0.2) is 4.98 Å². The van der Waals surface area contributed by atoms with Crippen molar-refractivity contribution in [3.05, 3.63) is 60.0 Å². The molecule has 4 aromatic rings. The summed E-state index contributed by atoms with van der Waals surface area (Å²) in [5, 5.41) is 24.2. The third-order valence-corrected chi connectivity index (χ3v) is 7.45. The summed E-state index contributed by atoms with van der Waals surface area (Å²) in [7, 11) is 0. The first kappa shape index (κ1) is 24.1. The Morgan fingerprint density at radius 2 is 2.03 bits per heavy atom. The number of anilines is 3. The van der Waals surface area contributed by atoms with Crippen molar-refractivity contribution in [3.8, 4) is 11.8 Å². The Kier molecular flexibility index (Phi) is 6.75. The number of benzene rings is 1. The van der Waals surface area contributed by atoms with Crippen molar-refractivity contribution in [1.29, 1.82) is 5.26 Å². The van der Waals surface area contributed by atoms with Crippen LogP contribution in [0.5, 0.6) is 5.75 Å². The first-order chi connectivity index (χ1) is 18.6. The Balaban J connectivity index is 1.25. The van der Waals surface area contributed by atoms with Crippen LogP contribution in [0.15, 0.2) is 48.8 Å². The number of hydrogen-bond acceptors (Lipinski definition) is 9. The van der Waals surface area contributed by atoms with Crippen LogP contribution in [0.2, 0.25) is 0 Å². The lowest BCUT2D eigenvalue weighted by molar-refractivity contribution is 0.135. The van der Waals surface area contributed by atoms with Crippen molar-refractivity contribution >= 4 is 28.5 Å². The van der Waals surface area contributed by atoms with Crippen LogP contribution < -0.4 is 15.4 Å². The Labute approximate surface area is 221 Å². The normalized spacial score (nSPS) is 20.8. The van der Waals surface area contributed by atoms with Gasteiger partial charge >= 0.3 is 0 Å². The molecule has 0 saturated carbocycles. The van der Waals surface area contributed by atoms with E-state index in [0.717, 1.165) is 47.3 Å². The molecule has 2 aliphatic heterocycles. The Hall–Kier alpha value is -4.23. The minimum atomic E-state index is 0.286. The quantitative estimate of drug-likeness (QED) is 0.294. The number of nitrogens with one attached hydrogen (secondary N) is 3. The highest BCUT2D eigenvalue weighted by molar-refractivity contribution is 5.92. The molecule has 5 heterocycles. The van der Waals surface area contributed by atoms with Gasteiger partial charge in [-0.3, -0.25) is 15.0 Å². The topological polar surface area (TPSA) is 128 Å². The molecule has 1 aromatic carbocycles. The fourth-order valence-electron chi connectivity index (χ4n) is 5.73. The molecule has 0 aliphatic carbocycles. The molecule has 3 aromatic heterocycles. The molecule has 2 aliphatic rings. The standard InChI is InChI=1S/C28H31N9O/c1-18-12-26(36-35-18)33-27-24-8-7-23(38-17-19-4-2-10-30-16-19)15-25(24)32-28(34-27)31-20-13-21-5-6-22(14-20)37(21)11-3-9-29/h2,4,7-8,10,12,15-16,20-22H,3,5-6,11,13-14,17H2,1H3,(H3,31,32,33,34,35,36)/t20?,21-,22+. The van der Waals surface area contributed by atoms with Crippen LogP contribution in [0.4, 0.5) is 17.6 Å². The zero-order chi connectivity index (χ0) is 25.9. The molecule has 38 heavy (non-hydrogen) atoms. The van der Waals surface area contributed by atoms with Gasteiger partial charge < -0.3 is 15.4 Å². The van der Waals surface area contributed by atoms with Crippen LogP contribution in [-0.2, 0) is 6.61 Å². The van der Waals surface area contributed by atoms with Gasteiger partial charge in [-0.2, -0.15) is 15.3 Å². The molecule has 10 nitrogen and oxygen atoms in total. The lowest BCUT2D eigenvalue weighted by Crippen LogP contribution is -2.47. The van der Waals surface area contributed by atoms with E-state index in [0.29, 0.717) is 42.7 Å². The number of rotatable bonds is 9. The second-order valence-corrected chi connectivity index (χ2v) is 10.1. The summed E-state index contributed by atoms with van der Waals surface area (Å²) in [4.78, 5) is 16.4. The zero-order valence-electron chi connectivity index (χ0n) is 21.4. The van der Waals surface area contributed by atoms with Gasteiger partial charge in [-0.15, -0.1) is 0 Å². The SMILES string of the molecule is Cc1cc(Nc2nc(NC3C[C@H]4CC[C@@H](C3)N4CCC#N)nc3cc(OCc4cccnc4)ccc23)n[nH]1. The van der Waals surface area contributed by atoms with Gasteiger partial charge in [0.25, 0.3) is 0 Å². The first-order valence-electron chi connectivity index (χ1n) is 13.2. The van der Waals surface area contributed by atoms with Crippen molar-refractivity contribution in [2.45, 2.75) is 63.8 Å². The monoisotopic (exact) mass is 509 g/mol. The van der Waals surface area contributed by atoms with E-state index in [9.17, 15) is 0 Å². The summed E-state index contributed by atoms with van der Waals surface area (Å²) in [5.74, 6) is 2.72. The Morgan fingerprint density at radius 1 is 1.16 bits per heavy atom. The van der Waals surface area contributed by atoms with Crippen LogP contribution in [0.25, 0.3) is 10.9 Å². The Morgan fingerprint density at radius 3 is 2.76 bits per heavy atom. The van der Waals surface area contributed by atoms with Gasteiger partial charge in [0.15, 0.2) is 5.82 Å². The van der Waals surface area contributed by atoms with E-state index < -0.39 is 0 Å². The van der Waals surface area contributed by atoms with E-state index in [1.54, 1.807) is 12.4 Å². The number of nitriles is 1. The van der Waals surface area contributed by atoms with Crippen molar-refractivity contribution in [2.24, 2.45) is 0 Å². The predicted octanol–water partition coefficient (Wildman–Crippen LogP) is 4.70. The smallest absolute Gasteiger partial charge is 0.225 e. The highest BCUT2D eigenvalue weighted by atomic mass is 16.5. The summed E-state index contributed by atoms with van der Waals surface area (Å²) in [6.45, 7) is 3.26. The molecule has 0 spiro atoms. The van der Waals surface area contributed by atoms with Crippen LogP contribution in [0.1, 0.15) is 43.4 Å². The summed E-state index contributed by atoms with van der Waals surface area (Å²) in [6, 6.07) is 15.3. The average Bonchev–Trinajstić information content (AvgIpc) is 3.44. The van der Waals surface area contributed by atoms with E-state index in [1.165, 1.54) is 12.8 Å². The van der Waals surface area contributed by atoms with Crippen molar-refractivity contribution in [3.63, 3.8) is 0 Å². The molecule has 3 N–H and O–H groups in total. The third-order valence-electron chi connectivity index (χ3n) is 7.45. The molecule has 194 valence electrons. The second-order valence-electron chi connectivity index (χ2n) is 10.1. The molecular weight excluding hydrogens is 478 g/mol. The molecular formula is C28H31N9O. The maximum Gasteiger partial charge on any atom is 0.225 e. The minimum absolute atomic E-state index is 0.286. The van der Waals surface area contributed by atoms with E-state index in [2.05, 4.69) is 36.8 Å². The molecule has 0 radical (unpaired) electrons. The number of nitrogens with zero attached hydrogens (tertiary/aromatic N) is 6. The van der Waals surface area contributed by atoms with E-state index in [-0.39, 0.29) is 6.04 Å². The summed E-state index contributed by atoms with van der Waals surface area (Å²) >= 11 is 0. The number of H-pyrrole nitrogens is 1.